The molecule has 1 aromatic carbocycles. The molecule has 0 saturated carbocycles. The summed E-state index contributed by atoms with van der Waals surface area (Å²) in [5.41, 5.74) is -0.735. The molecular weight excluding hydrogens is 431 g/mol. The summed E-state index contributed by atoms with van der Waals surface area (Å²) in [7, 11) is 0. The highest BCUT2D eigenvalue weighted by molar-refractivity contribution is 6.30. The molecule has 3 aromatic rings. The second-order valence-corrected chi connectivity index (χ2v) is 9.27. The lowest BCUT2D eigenvalue weighted by Crippen LogP contribution is -2.51. The topological polar surface area (TPSA) is 71.0 Å². The number of fused-ring (bicyclic) bond motifs is 2. The predicted octanol–water partition coefficient (Wildman–Crippen LogP) is 5.06. The molecule has 0 aliphatic carbocycles. The van der Waals surface area contributed by atoms with Crippen LogP contribution >= 0.6 is 11.6 Å². The average Bonchev–Trinajstić information content (AvgIpc) is 3.24. The van der Waals surface area contributed by atoms with Gasteiger partial charge in [0.15, 0.2) is 5.60 Å². The van der Waals surface area contributed by atoms with Crippen molar-refractivity contribution in [3.8, 4) is 5.75 Å². The minimum atomic E-state index is -4.86. The smallest absolute Gasteiger partial charge is 0.417 e. The third kappa shape index (κ3) is 3.87. The van der Waals surface area contributed by atoms with E-state index >= 15 is 0 Å². The molecule has 1 atom stereocenters. The van der Waals surface area contributed by atoms with Gasteiger partial charge in [0.25, 0.3) is 0 Å². The number of alkyl halides is 3. The van der Waals surface area contributed by atoms with Gasteiger partial charge in [-0.1, -0.05) is 25.4 Å². The highest BCUT2D eigenvalue weighted by Gasteiger charge is 2.56. The molecule has 1 aliphatic rings. The maximum Gasteiger partial charge on any atom is 0.417 e. The molecule has 3 heterocycles. The fourth-order valence-corrected chi connectivity index (χ4v) is 4.68. The molecule has 0 radical (unpaired) electrons. The number of hydrogen-bond acceptors (Lipinski definition) is 4. The highest BCUT2D eigenvalue weighted by atomic mass is 35.5. The van der Waals surface area contributed by atoms with E-state index in [1.807, 2.05) is 0 Å². The van der Waals surface area contributed by atoms with E-state index in [2.05, 4.69) is 15.2 Å². The molecule has 0 saturated heterocycles. The zero-order chi connectivity index (χ0) is 22.6. The number of halogens is 4. The van der Waals surface area contributed by atoms with Crippen molar-refractivity contribution in [1.82, 2.24) is 15.2 Å². The zero-order valence-corrected chi connectivity index (χ0v) is 18.2. The zero-order valence-electron chi connectivity index (χ0n) is 17.4. The van der Waals surface area contributed by atoms with Crippen molar-refractivity contribution in [2.75, 3.05) is 6.61 Å². The Morgan fingerprint density at radius 1 is 1.26 bits per heavy atom. The Kier molecular flexibility index (Phi) is 5.21. The van der Waals surface area contributed by atoms with Gasteiger partial charge in [-0.05, 0) is 48.1 Å². The average molecular weight is 454 g/mol. The molecule has 0 amide bonds. The molecular formula is C22H23ClF3N3O2. The van der Waals surface area contributed by atoms with E-state index in [0.29, 0.717) is 46.0 Å². The summed E-state index contributed by atoms with van der Waals surface area (Å²) in [5.74, 6) is 0.566. The van der Waals surface area contributed by atoms with Crippen molar-refractivity contribution < 1.29 is 23.0 Å². The molecule has 9 heteroatoms. The maximum absolute atomic E-state index is 14.2. The molecule has 1 aliphatic heterocycles. The number of aliphatic hydroxyl groups is 1. The van der Waals surface area contributed by atoms with Gasteiger partial charge in [-0.2, -0.15) is 18.3 Å². The summed E-state index contributed by atoms with van der Waals surface area (Å²) in [4.78, 5) is 2.96. The van der Waals surface area contributed by atoms with E-state index in [-0.39, 0.29) is 5.69 Å². The number of H-pyrrole nitrogens is 1. The minimum Gasteiger partial charge on any atom is -0.493 e. The van der Waals surface area contributed by atoms with Crippen molar-refractivity contribution in [2.45, 2.75) is 57.2 Å². The van der Waals surface area contributed by atoms with Gasteiger partial charge < -0.3 is 14.8 Å². The number of benzene rings is 1. The van der Waals surface area contributed by atoms with Crippen molar-refractivity contribution >= 4 is 22.6 Å². The van der Waals surface area contributed by atoms with Crippen LogP contribution in [-0.2, 0) is 18.3 Å². The van der Waals surface area contributed by atoms with E-state index in [1.165, 1.54) is 6.20 Å². The van der Waals surface area contributed by atoms with Gasteiger partial charge in [-0.25, -0.2) is 0 Å². The summed E-state index contributed by atoms with van der Waals surface area (Å²) < 4.78 is 48.4. The number of aromatic amines is 1. The largest absolute Gasteiger partial charge is 0.493 e. The molecule has 2 N–H and O–H groups in total. The van der Waals surface area contributed by atoms with Crippen LogP contribution in [0.25, 0.3) is 11.0 Å². The van der Waals surface area contributed by atoms with E-state index in [4.69, 9.17) is 16.3 Å². The van der Waals surface area contributed by atoms with Crippen LogP contribution in [0.5, 0.6) is 5.75 Å². The summed E-state index contributed by atoms with van der Waals surface area (Å²) in [6.07, 6.45) is -3.95. The summed E-state index contributed by atoms with van der Waals surface area (Å²) >= 11 is 6.23. The van der Waals surface area contributed by atoms with Crippen LogP contribution in [-0.4, -0.2) is 38.7 Å². The molecule has 1 unspecified atom stereocenters. The SMILES string of the molecule is Cc1c(CC(O)(CC(C)(C)c2cc(Cl)cc3c2OCC3)C(F)(F)F)[nH]c2ccnnc12. The first kappa shape index (κ1) is 21.9. The Bertz CT molecular complexity index is 1140. The number of nitrogens with one attached hydrogen (secondary N) is 1. The monoisotopic (exact) mass is 453 g/mol. The van der Waals surface area contributed by atoms with Crippen molar-refractivity contribution in [2.24, 2.45) is 0 Å². The first-order chi connectivity index (χ1) is 14.4. The summed E-state index contributed by atoms with van der Waals surface area (Å²) in [6, 6.07) is 5.04. The maximum atomic E-state index is 14.2. The molecule has 2 aromatic heterocycles. The summed E-state index contributed by atoms with van der Waals surface area (Å²) in [5, 5.41) is 19.2. The van der Waals surface area contributed by atoms with Gasteiger partial charge in [0.2, 0.25) is 0 Å². The van der Waals surface area contributed by atoms with Crippen LogP contribution in [0.3, 0.4) is 0 Å². The number of rotatable bonds is 5. The Labute approximate surface area is 182 Å². The van der Waals surface area contributed by atoms with Crippen LogP contribution < -0.4 is 4.74 Å². The Morgan fingerprint density at radius 3 is 2.68 bits per heavy atom. The van der Waals surface area contributed by atoms with Crippen LogP contribution in [0.4, 0.5) is 13.2 Å². The number of aromatic nitrogens is 3. The minimum absolute atomic E-state index is 0.277. The standard InChI is InChI=1S/C22H23ClF3N3O2/c1-12-17(28-16-4-6-27-29-18(12)16)10-21(30,22(24,25)26)11-20(2,3)15-9-14(23)8-13-5-7-31-19(13)15/h4,6,8-9,28,30H,5,7,10-11H2,1-3H3. The Balaban J connectivity index is 1.74. The molecule has 0 bridgehead atoms. The Morgan fingerprint density at radius 2 is 2.00 bits per heavy atom. The summed E-state index contributed by atoms with van der Waals surface area (Å²) in [6.45, 7) is 5.46. The molecule has 5 nitrogen and oxygen atoms in total. The lowest BCUT2D eigenvalue weighted by Gasteiger charge is -2.38. The van der Waals surface area contributed by atoms with Crippen LogP contribution in [0.2, 0.25) is 5.02 Å². The number of hydrogen-bond donors (Lipinski definition) is 2. The number of nitrogens with zero attached hydrogens (tertiary/aromatic N) is 2. The quantitative estimate of drug-likeness (QED) is 0.566. The fourth-order valence-electron chi connectivity index (χ4n) is 4.44. The van der Waals surface area contributed by atoms with Crippen molar-refractivity contribution in [3.05, 3.63) is 51.8 Å². The van der Waals surface area contributed by atoms with Gasteiger partial charge in [0.1, 0.15) is 11.3 Å². The van der Waals surface area contributed by atoms with E-state index in [9.17, 15) is 18.3 Å². The van der Waals surface area contributed by atoms with Gasteiger partial charge >= 0.3 is 6.18 Å². The van der Waals surface area contributed by atoms with Gasteiger partial charge in [0.05, 0.1) is 18.3 Å². The van der Waals surface area contributed by atoms with Gasteiger partial charge in [-0.15, -0.1) is 5.10 Å². The molecule has 0 fully saturated rings. The second kappa shape index (κ2) is 7.38. The van der Waals surface area contributed by atoms with E-state index in [0.717, 1.165) is 5.56 Å². The molecule has 4 rings (SSSR count). The predicted molar refractivity (Wildman–Crippen MR) is 112 cm³/mol. The first-order valence-corrected chi connectivity index (χ1v) is 10.3. The molecule has 166 valence electrons. The third-order valence-electron chi connectivity index (χ3n) is 6.02. The van der Waals surface area contributed by atoms with Gasteiger partial charge in [0, 0.05) is 29.1 Å². The molecule has 31 heavy (non-hydrogen) atoms. The van der Waals surface area contributed by atoms with Crippen LogP contribution in [0, 0.1) is 6.92 Å². The highest BCUT2D eigenvalue weighted by Crippen LogP contribution is 2.47. The number of ether oxygens (including phenoxy) is 1. The normalized spacial score (nSPS) is 16.3. The van der Waals surface area contributed by atoms with E-state index in [1.54, 1.807) is 39.0 Å². The van der Waals surface area contributed by atoms with Crippen LogP contribution in [0.1, 0.15) is 42.7 Å². The Hall–Kier alpha value is -2.32. The van der Waals surface area contributed by atoms with Crippen LogP contribution in [0.15, 0.2) is 24.4 Å². The number of aryl methyl sites for hydroxylation is 1. The third-order valence-corrected chi connectivity index (χ3v) is 6.24. The lowest BCUT2D eigenvalue weighted by atomic mass is 9.72. The van der Waals surface area contributed by atoms with Gasteiger partial charge in [-0.3, -0.25) is 0 Å². The van der Waals surface area contributed by atoms with E-state index < -0.39 is 30.0 Å². The lowest BCUT2D eigenvalue weighted by molar-refractivity contribution is -0.266. The second-order valence-electron chi connectivity index (χ2n) is 8.83. The van der Waals surface area contributed by atoms with Crippen molar-refractivity contribution in [3.63, 3.8) is 0 Å². The van der Waals surface area contributed by atoms with Crippen molar-refractivity contribution in [1.29, 1.82) is 0 Å². The fraction of sp³-hybridized carbons (Fsp3) is 0.455. The molecule has 0 spiro atoms. The first-order valence-electron chi connectivity index (χ1n) is 9.95.